The Kier molecular flexibility index (Phi) is 12.7. The van der Waals surface area contributed by atoms with Crippen LogP contribution in [0.2, 0.25) is 0 Å². The second kappa shape index (κ2) is 15.2. The number of primary amides is 1. The third-order valence-corrected chi connectivity index (χ3v) is 5.28. The number of carbonyl (C=O) groups excluding carboxylic acids is 4. The third kappa shape index (κ3) is 12.0. The molecule has 0 heterocycles. The van der Waals surface area contributed by atoms with Gasteiger partial charge in [0.25, 0.3) is 0 Å². The van der Waals surface area contributed by atoms with Crippen molar-refractivity contribution in [2.45, 2.75) is 70.1 Å². The van der Waals surface area contributed by atoms with Crippen LogP contribution in [0.5, 0.6) is 0 Å². The first-order chi connectivity index (χ1) is 17.3. The van der Waals surface area contributed by atoms with Crippen LogP contribution in [0.4, 0.5) is 0 Å². The number of nitrogens with one attached hydrogen (secondary N) is 3. The van der Waals surface area contributed by atoms with E-state index in [4.69, 9.17) is 16.6 Å². The molecular formula is C24H35N5O8. The molecule has 0 radical (unpaired) electrons. The average Bonchev–Trinajstić information content (AvgIpc) is 2.80. The number of aliphatic carboxylic acids is 2. The van der Waals surface area contributed by atoms with Crippen molar-refractivity contribution >= 4 is 35.6 Å². The Morgan fingerprint density at radius 2 is 1.38 bits per heavy atom. The Balaban J connectivity index is 2.97. The summed E-state index contributed by atoms with van der Waals surface area (Å²) in [4.78, 5) is 72.2. The minimum atomic E-state index is -1.57. The summed E-state index contributed by atoms with van der Waals surface area (Å²) in [7, 11) is 0. The lowest BCUT2D eigenvalue weighted by Gasteiger charge is -2.25. The predicted octanol–water partition coefficient (Wildman–Crippen LogP) is -1.12. The van der Waals surface area contributed by atoms with Crippen LogP contribution in [-0.4, -0.2) is 69.9 Å². The zero-order valence-electron chi connectivity index (χ0n) is 20.8. The molecule has 204 valence electrons. The highest BCUT2D eigenvalue weighted by Crippen LogP contribution is 2.08. The van der Waals surface area contributed by atoms with E-state index in [1.165, 1.54) is 0 Å². The molecule has 0 saturated carbocycles. The predicted molar refractivity (Wildman–Crippen MR) is 132 cm³/mol. The summed E-state index contributed by atoms with van der Waals surface area (Å²) in [5, 5.41) is 25.1. The summed E-state index contributed by atoms with van der Waals surface area (Å²) in [5.74, 6) is -6.20. The SMILES string of the molecule is CC(C)CC(NC(=O)C(N)Cc1ccccc1)C(=O)NC(CC(N)=O)C(=O)NC(CCC(=O)O)C(=O)O. The third-order valence-electron chi connectivity index (χ3n) is 5.28. The Morgan fingerprint density at radius 3 is 1.89 bits per heavy atom. The van der Waals surface area contributed by atoms with Gasteiger partial charge in [0.15, 0.2) is 0 Å². The van der Waals surface area contributed by atoms with Gasteiger partial charge < -0.3 is 37.6 Å². The molecule has 0 saturated heterocycles. The lowest BCUT2D eigenvalue weighted by Crippen LogP contribution is -2.58. The number of rotatable bonds is 16. The van der Waals surface area contributed by atoms with Gasteiger partial charge in [-0.15, -0.1) is 0 Å². The van der Waals surface area contributed by atoms with Crippen molar-refractivity contribution in [3.8, 4) is 0 Å². The number of nitrogens with two attached hydrogens (primary N) is 2. The van der Waals surface area contributed by atoms with Crippen LogP contribution in [-0.2, 0) is 35.2 Å². The molecular weight excluding hydrogens is 486 g/mol. The minimum Gasteiger partial charge on any atom is -0.481 e. The van der Waals surface area contributed by atoms with E-state index >= 15 is 0 Å². The summed E-state index contributed by atoms with van der Waals surface area (Å²) in [5.41, 5.74) is 12.0. The molecule has 37 heavy (non-hydrogen) atoms. The molecule has 0 aliphatic rings. The Hall–Kier alpha value is -4.00. The summed E-state index contributed by atoms with van der Waals surface area (Å²) in [6, 6.07) is 3.84. The second-order valence-electron chi connectivity index (χ2n) is 9.05. The van der Waals surface area contributed by atoms with E-state index in [0.717, 1.165) is 5.56 Å². The average molecular weight is 522 g/mol. The summed E-state index contributed by atoms with van der Waals surface area (Å²) < 4.78 is 0. The van der Waals surface area contributed by atoms with E-state index in [9.17, 15) is 33.9 Å². The molecule has 0 aliphatic heterocycles. The molecule has 0 aromatic heterocycles. The number of hydrogen-bond acceptors (Lipinski definition) is 7. The van der Waals surface area contributed by atoms with Crippen molar-refractivity contribution in [3.05, 3.63) is 35.9 Å². The summed E-state index contributed by atoms with van der Waals surface area (Å²) in [6.45, 7) is 3.62. The van der Waals surface area contributed by atoms with Gasteiger partial charge in [-0.1, -0.05) is 44.2 Å². The lowest BCUT2D eigenvalue weighted by atomic mass is 10.0. The molecule has 1 rings (SSSR count). The maximum Gasteiger partial charge on any atom is 0.326 e. The molecule has 1 aromatic carbocycles. The Labute approximate surface area is 214 Å². The molecule has 9 N–H and O–H groups in total. The number of carboxylic acids is 2. The van der Waals surface area contributed by atoms with Crippen LogP contribution in [0.25, 0.3) is 0 Å². The number of carbonyl (C=O) groups is 6. The fourth-order valence-corrected chi connectivity index (χ4v) is 3.42. The first-order valence-electron chi connectivity index (χ1n) is 11.7. The highest BCUT2D eigenvalue weighted by molar-refractivity contribution is 5.96. The molecule has 13 nitrogen and oxygen atoms in total. The Bertz CT molecular complexity index is 969. The van der Waals surface area contributed by atoms with Crippen LogP contribution in [0.3, 0.4) is 0 Å². The van der Waals surface area contributed by atoms with E-state index in [1.54, 1.807) is 24.3 Å². The van der Waals surface area contributed by atoms with Gasteiger partial charge in [-0.2, -0.15) is 0 Å². The van der Waals surface area contributed by atoms with Crippen molar-refractivity contribution in [1.29, 1.82) is 0 Å². The number of amides is 4. The molecule has 0 spiro atoms. The topological polar surface area (TPSA) is 231 Å². The van der Waals surface area contributed by atoms with Crippen LogP contribution in [0.1, 0.15) is 45.1 Å². The monoisotopic (exact) mass is 521 g/mol. The van der Waals surface area contributed by atoms with Crippen molar-refractivity contribution in [2.24, 2.45) is 17.4 Å². The normalized spacial score (nSPS) is 14.1. The molecule has 0 aliphatic carbocycles. The highest BCUT2D eigenvalue weighted by atomic mass is 16.4. The van der Waals surface area contributed by atoms with E-state index in [2.05, 4.69) is 16.0 Å². The zero-order chi connectivity index (χ0) is 28.1. The van der Waals surface area contributed by atoms with Crippen LogP contribution in [0, 0.1) is 5.92 Å². The van der Waals surface area contributed by atoms with E-state index in [0.29, 0.717) is 0 Å². The molecule has 13 heteroatoms. The standard InChI is InChI=1S/C24H35N5O8/c1-13(2)10-17(28-21(33)15(25)11-14-6-4-3-5-7-14)22(34)29-18(12-19(26)30)23(35)27-16(24(36)37)8-9-20(31)32/h3-7,13,15-18H,8-12,25H2,1-2H3,(H2,26,30)(H,27,35)(H,28,33)(H,29,34)(H,31,32)(H,36,37). The summed E-state index contributed by atoms with van der Waals surface area (Å²) >= 11 is 0. The largest absolute Gasteiger partial charge is 0.481 e. The van der Waals surface area contributed by atoms with E-state index in [1.807, 2.05) is 19.9 Å². The Morgan fingerprint density at radius 1 is 0.838 bits per heavy atom. The first-order valence-corrected chi connectivity index (χ1v) is 11.7. The van der Waals surface area contributed by atoms with Crippen molar-refractivity contribution in [1.82, 2.24) is 16.0 Å². The quantitative estimate of drug-likeness (QED) is 0.139. The van der Waals surface area contributed by atoms with Gasteiger partial charge in [-0.3, -0.25) is 24.0 Å². The molecule has 1 aromatic rings. The van der Waals surface area contributed by atoms with Crippen LogP contribution >= 0.6 is 0 Å². The number of carboxylic acid groups (broad SMARTS) is 2. The summed E-state index contributed by atoms with van der Waals surface area (Å²) in [6.07, 6.45) is -1.20. The number of benzene rings is 1. The van der Waals surface area contributed by atoms with Gasteiger partial charge in [-0.05, 0) is 30.7 Å². The second-order valence-corrected chi connectivity index (χ2v) is 9.05. The van der Waals surface area contributed by atoms with Crippen LogP contribution < -0.4 is 27.4 Å². The zero-order valence-corrected chi connectivity index (χ0v) is 20.8. The number of hydrogen-bond donors (Lipinski definition) is 7. The molecule has 0 bridgehead atoms. The fourth-order valence-electron chi connectivity index (χ4n) is 3.42. The van der Waals surface area contributed by atoms with Crippen molar-refractivity contribution < 1.29 is 39.0 Å². The first kappa shape index (κ1) is 31.0. The van der Waals surface area contributed by atoms with Gasteiger partial charge in [0.05, 0.1) is 12.5 Å². The van der Waals surface area contributed by atoms with Crippen molar-refractivity contribution in [3.63, 3.8) is 0 Å². The smallest absolute Gasteiger partial charge is 0.326 e. The highest BCUT2D eigenvalue weighted by Gasteiger charge is 2.31. The molecule has 0 fully saturated rings. The van der Waals surface area contributed by atoms with Crippen molar-refractivity contribution in [2.75, 3.05) is 0 Å². The van der Waals surface area contributed by atoms with E-state index in [-0.39, 0.29) is 18.8 Å². The molecule has 4 atom stereocenters. The van der Waals surface area contributed by atoms with Gasteiger partial charge in [0.2, 0.25) is 23.6 Å². The fraction of sp³-hybridized carbons (Fsp3) is 0.500. The van der Waals surface area contributed by atoms with Gasteiger partial charge >= 0.3 is 11.9 Å². The van der Waals surface area contributed by atoms with Gasteiger partial charge in [-0.25, -0.2) is 4.79 Å². The van der Waals surface area contributed by atoms with E-state index < -0.39 is 79.0 Å². The lowest BCUT2D eigenvalue weighted by molar-refractivity contribution is -0.143. The molecule has 4 unspecified atom stereocenters. The molecule has 4 amide bonds. The van der Waals surface area contributed by atoms with Gasteiger partial charge in [0.1, 0.15) is 18.1 Å². The maximum atomic E-state index is 13.0. The minimum absolute atomic E-state index is 0.0581. The van der Waals surface area contributed by atoms with Gasteiger partial charge in [0, 0.05) is 6.42 Å². The van der Waals surface area contributed by atoms with Crippen LogP contribution in [0.15, 0.2) is 30.3 Å². The maximum absolute atomic E-state index is 13.0.